The summed E-state index contributed by atoms with van der Waals surface area (Å²) < 4.78 is 0. The van der Waals surface area contributed by atoms with Crippen molar-refractivity contribution < 1.29 is 4.79 Å². The van der Waals surface area contributed by atoms with Crippen LogP contribution in [0.3, 0.4) is 0 Å². The lowest BCUT2D eigenvalue weighted by atomic mass is 9.72. The quantitative estimate of drug-likeness (QED) is 0.505. The van der Waals surface area contributed by atoms with E-state index in [0.29, 0.717) is 11.7 Å². The molecule has 0 amide bonds. The molecule has 0 saturated heterocycles. The minimum absolute atomic E-state index is 0.273. The van der Waals surface area contributed by atoms with Crippen molar-refractivity contribution in [1.82, 2.24) is 0 Å². The van der Waals surface area contributed by atoms with Gasteiger partial charge in [0.15, 0.2) is 0 Å². The Morgan fingerprint density at radius 3 is 2.50 bits per heavy atom. The zero-order valence-electron chi connectivity index (χ0n) is 7.11. The number of carbonyl (C=O) groups excluding carboxylic acids is 1. The highest BCUT2D eigenvalue weighted by atomic mass is 16.1. The average molecular weight is 140 g/mol. The van der Waals surface area contributed by atoms with Gasteiger partial charge in [-0.25, -0.2) is 0 Å². The second kappa shape index (κ2) is 2.37. The molecule has 0 bridgehead atoms. The van der Waals surface area contributed by atoms with Crippen molar-refractivity contribution in [1.29, 1.82) is 0 Å². The van der Waals surface area contributed by atoms with E-state index in [2.05, 4.69) is 20.8 Å². The Morgan fingerprint density at radius 2 is 2.10 bits per heavy atom. The molecule has 1 nitrogen and oxygen atoms in total. The van der Waals surface area contributed by atoms with E-state index >= 15 is 0 Å². The zero-order chi connectivity index (χ0) is 7.78. The molecule has 0 radical (unpaired) electrons. The molecule has 0 aliphatic heterocycles. The van der Waals surface area contributed by atoms with Crippen molar-refractivity contribution >= 4 is 5.78 Å². The summed E-state index contributed by atoms with van der Waals surface area (Å²) in [5.74, 6) is 1.06. The Morgan fingerprint density at radius 1 is 1.50 bits per heavy atom. The summed E-state index contributed by atoms with van der Waals surface area (Å²) in [6.07, 6.45) is 2.81. The maximum absolute atomic E-state index is 11.1. The van der Waals surface area contributed by atoms with E-state index in [-0.39, 0.29) is 5.41 Å². The fourth-order valence-electron chi connectivity index (χ4n) is 2.08. The van der Waals surface area contributed by atoms with Gasteiger partial charge in [-0.05, 0) is 17.8 Å². The first kappa shape index (κ1) is 7.77. The van der Waals surface area contributed by atoms with E-state index in [0.717, 1.165) is 12.8 Å². The standard InChI is InChI=1S/C9H16O/c1-7-4-8(10)6-9(2,3)5-7/h7H,4-6H2,1-3H3. The minimum atomic E-state index is 0.273. The Balaban J connectivity index is 2.59. The van der Waals surface area contributed by atoms with Gasteiger partial charge < -0.3 is 0 Å². The third kappa shape index (κ3) is 1.83. The van der Waals surface area contributed by atoms with E-state index in [4.69, 9.17) is 0 Å². The maximum Gasteiger partial charge on any atom is 0.133 e. The van der Waals surface area contributed by atoms with Crippen molar-refractivity contribution in [2.75, 3.05) is 0 Å². The molecule has 1 heteroatoms. The molecule has 1 saturated carbocycles. The minimum Gasteiger partial charge on any atom is -0.300 e. The Kier molecular flexibility index (Phi) is 1.84. The van der Waals surface area contributed by atoms with Crippen molar-refractivity contribution in [3.63, 3.8) is 0 Å². The van der Waals surface area contributed by atoms with Crippen molar-refractivity contribution in [2.24, 2.45) is 11.3 Å². The molecule has 0 aromatic carbocycles. The van der Waals surface area contributed by atoms with Gasteiger partial charge in [-0.2, -0.15) is 0 Å². The molecule has 1 aliphatic rings. The first-order valence-corrected chi connectivity index (χ1v) is 4.01. The number of Topliss-reactive ketones (excluding diaryl/α,β-unsaturated/α-hetero) is 1. The molecule has 1 rings (SSSR count). The molecule has 1 unspecified atom stereocenters. The summed E-state index contributed by atoms with van der Waals surface area (Å²) in [6, 6.07) is 0. The highest BCUT2D eigenvalue weighted by Gasteiger charge is 2.30. The van der Waals surface area contributed by atoms with Gasteiger partial charge in [-0.15, -0.1) is 0 Å². The highest BCUT2D eigenvalue weighted by Crippen LogP contribution is 2.36. The third-order valence-corrected chi connectivity index (χ3v) is 2.15. The molecule has 1 atom stereocenters. The number of hydrogen-bond donors (Lipinski definition) is 0. The van der Waals surface area contributed by atoms with Crippen LogP contribution in [0.5, 0.6) is 0 Å². The van der Waals surface area contributed by atoms with Crippen LogP contribution in [-0.4, -0.2) is 5.78 Å². The van der Waals surface area contributed by atoms with Crippen LogP contribution in [0.1, 0.15) is 40.0 Å². The molecule has 0 aromatic heterocycles. The third-order valence-electron chi connectivity index (χ3n) is 2.15. The van der Waals surface area contributed by atoms with E-state index in [1.54, 1.807) is 0 Å². The van der Waals surface area contributed by atoms with E-state index < -0.39 is 0 Å². The normalized spacial score (nSPS) is 32.3. The predicted molar refractivity (Wildman–Crippen MR) is 41.8 cm³/mol. The molecule has 0 aromatic rings. The van der Waals surface area contributed by atoms with Crippen LogP contribution in [0.2, 0.25) is 0 Å². The maximum atomic E-state index is 11.1. The number of rotatable bonds is 0. The van der Waals surface area contributed by atoms with Gasteiger partial charge in [-0.1, -0.05) is 20.8 Å². The van der Waals surface area contributed by atoms with Crippen molar-refractivity contribution in [3.8, 4) is 0 Å². The van der Waals surface area contributed by atoms with Crippen LogP contribution in [0, 0.1) is 11.3 Å². The summed E-state index contributed by atoms with van der Waals surface area (Å²) in [5.41, 5.74) is 0.273. The monoisotopic (exact) mass is 140 g/mol. The molecular formula is C9H16O. The molecular weight excluding hydrogens is 124 g/mol. The highest BCUT2D eigenvalue weighted by molar-refractivity contribution is 5.80. The second-order valence-corrected chi connectivity index (χ2v) is 4.39. The first-order valence-electron chi connectivity index (χ1n) is 4.01. The lowest BCUT2D eigenvalue weighted by Gasteiger charge is -2.32. The summed E-state index contributed by atoms with van der Waals surface area (Å²) in [7, 11) is 0. The van der Waals surface area contributed by atoms with E-state index in [1.807, 2.05) is 0 Å². The number of ketones is 1. The van der Waals surface area contributed by atoms with Gasteiger partial charge in [0.05, 0.1) is 0 Å². The first-order chi connectivity index (χ1) is 4.49. The number of carbonyl (C=O) groups is 1. The van der Waals surface area contributed by atoms with Crippen LogP contribution < -0.4 is 0 Å². The SMILES string of the molecule is CC1CC(=O)CC(C)(C)C1. The molecule has 1 fully saturated rings. The summed E-state index contributed by atoms with van der Waals surface area (Å²) >= 11 is 0. The van der Waals surface area contributed by atoms with Crippen LogP contribution in [0.4, 0.5) is 0 Å². The molecule has 1 aliphatic carbocycles. The van der Waals surface area contributed by atoms with Gasteiger partial charge in [0.25, 0.3) is 0 Å². The Hall–Kier alpha value is -0.330. The summed E-state index contributed by atoms with van der Waals surface area (Å²) in [4.78, 5) is 11.1. The van der Waals surface area contributed by atoms with Gasteiger partial charge in [-0.3, -0.25) is 4.79 Å². The molecule has 0 heterocycles. The van der Waals surface area contributed by atoms with Crippen LogP contribution in [-0.2, 0) is 4.79 Å². The molecule has 0 spiro atoms. The average Bonchev–Trinajstić information content (AvgIpc) is 1.54. The Bertz CT molecular complexity index is 147. The molecule has 0 N–H and O–H groups in total. The fourth-order valence-corrected chi connectivity index (χ4v) is 2.08. The van der Waals surface area contributed by atoms with Gasteiger partial charge in [0, 0.05) is 12.8 Å². The van der Waals surface area contributed by atoms with Gasteiger partial charge in [0.1, 0.15) is 5.78 Å². The summed E-state index contributed by atoms with van der Waals surface area (Å²) in [5, 5.41) is 0. The molecule has 10 heavy (non-hydrogen) atoms. The summed E-state index contributed by atoms with van der Waals surface area (Å²) in [6.45, 7) is 6.53. The molecule has 58 valence electrons. The lowest BCUT2D eigenvalue weighted by molar-refractivity contribution is -0.124. The predicted octanol–water partition coefficient (Wildman–Crippen LogP) is 2.40. The number of hydrogen-bond acceptors (Lipinski definition) is 1. The van der Waals surface area contributed by atoms with Crippen LogP contribution in [0.25, 0.3) is 0 Å². The van der Waals surface area contributed by atoms with Crippen molar-refractivity contribution in [2.45, 2.75) is 40.0 Å². The van der Waals surface area contributed by atoms with Crippen molar-refractivity contribution in [3.05, 3.63) is 0 Å². The van der Waals surface area contributed by atoms with E-state index in [9.17, 15) is 4.79 Å². The van der Waals surface area contributed by atoms with E-state index in [1.165, 1.54) is 6.42 Å². The Labute approximate surface area is 62.8 Å². The van der Waals surface area contributed by atoms with Crippen LogP contribution in [0.15, 0.2) is 0 Å². The van der Waals surface area contributed by atoms with Gasteiger partial charge in [0.2, 0.25) is 0 Å². The second-order valence-electron chi connectivity index (χ2n) is 4.39. The van der Waals surface area contributed by atoms with Crippen LogP contribution >= 0.6 is 0 Å². The zero-order valence-corrected chi connectivity index (χ0v) is 7.11. The smallest absolute Gasteiger partial charge is 0.133 e. The lowest BCUT2D eigenvalue weighted by Crippen LogP contribution is -2.27. The largest absolute Gasteiger partial charge is 0.300 e. The van der Waals surface area contributed by atoms with Gasteiger partial charge >= 0.3 is 0 Å². The fraction of sp³-hybridized carbons (Fsp3) is 0.889. The topological polar surface area (TPSA) is 17.1 Å².